The minimum Gasteiger partial charge on any atom is -0.454 e. The number of hydrazone groups is 1. The lowest BCUT2D eigenvalue weighted by Gasteiger charge is -2.06. The van der Waals surface area contributed by atoms with E-state index >= 15 is 0 Å². The van der Waals surface area contributed by atoms with Crippen molar-refractivity contribution in [1.29, 1.82) is 0 Å². The van der Waals surface area contributed by atoms with Gasteiger partial charge in [-0.15, -0.1) is 0 Å². The van der Waals surface area contributed by atoms with Crippen molar-refractivity contribution in [2.45, 2.75) is 13.3 Å². The second kappa shape index (κ2) is 6.48. The van der Waals surface area contributed by atoms with Gasteiger partial charge in [-0.25, -0.2) is 9.82 Å². The number of halogens is 1. The average Bonchev–Trinajstić information content (AvgIpc) is 3.04. The Labute approximate surface area is 132 Å². The number of nitrogens with one attached hydrogen (secondary N) is 1. The molecule has 1 N–H and O–H groups in total. The summed E-state index contributed by atoms with van der Waals surface area (Å²) in [7, 11) is 0. The largest absolute Gasteiger partial charge is 0.454 e. The fourth-order valence-corrected chi connectivity index (χ4v) is 2.21. The number of nitrogens with zero attached hydrogens (tertiary/aromatic N) is 1. The maximum absolute atomic E-state index is 13.0. The molecule has 0 bridgehead atoms. The van der Waals surface area contributed by atoms with E-state index in [0.29, 0.717) is 29.2 Å². The van der Waals surface area contributed by atoms with Crippen molar-refractivity contribution in [3.63, 3.8) is 0 Å². The van der Waals surface area contributed by atoms with Gasteiger partial charge in [-0.1, -0.05) is 19.1 Å². The molecule has 0 aromatic heterocycles. The Hall–Kier alpha value is -2.89. The highest BCUT2D eigenvalue weighted by Gasteiger charge is 2.16. The highest BCUT2D eigenvalue weighted by atomic mass is 19.1. The zero-order valence-corrected chi connectivity index (χ0v) is 12.5. The SMILES string of the molecule is CC/C(=N\NC(=O)c1ccc2c(c1)OCO2)c1ccc(F)cc1. The molecule has 2 aromatic carbocycles. The number of amides is 1. The van der Waals surface area contributed by atoms with Crippen molar-refractivity contribution in [1.82, 2.24) is 5.43 Å². The number of benzene rings is 2. The van der Waals surface area contributed by atoms with Crippen LogP contribution in [0, 0.1) is 5.82 Å². The lowest BCUT2D eigenvalue weighted by atomic mass is 10.1. The topological polar surface area (TPSA) is 59.9 Å². The van der Waals surface area contributed by atoms with E-state index < -0.39 is 0 Å². The van der Waals surface area contributed by atoms with Gasteiger partial charge in [0.25, 0.3) is 5.91 Å². The van der Waals surface area contributed by atoms with Gasteiger partial charge in [-0.2, -0.15) is 5.10 Å². The first-order valence-electron chi connectivity index (χ1n) is 7.20. The van der Waals surface area contributed by atoms with E-state index in [1.54, 1.807) is 30.3 Å². The molecule has 23 heavy (non-hydrogen) atoms. The van der Waals surface area contributed by atoms with Crippen LogP contribution < -0.4 is 14.9 Å². The molecule has 0 radical (unpaired) electrons. The summed E-state index contributed by atoms with van der Waals surface area (Å²) >= 11 is 0. The van der Waals surface area contributed by atoms with Gasteiger partial charge in [0, 0.05) is 5.56 Å². The first kappa shape index (κ1) is 15.0. The third-order valence-electron chi connectivity index (χ3n) is 3.44. The molecule has 2 aromatic rings. The molecule has 3 rings (SSSR count). The number of carbonyl (C=O) groups excluding carboxylic acids is 1. The highest BCUT2D eigenvalue weighted by Crippen LogP contribution is 2.32. The van der Waals surface area contributed by atoms with Gasteiger partial charge in [-0.3, -0.25) is 4.79 Å². The molecule has 5 nitrogen and oxygen atoms in total. The molecule has 1 amide bonds. The standard InChI is InChI=1S/C17H15FN2O3/c1-2-14(11-3-6-13(18)7-4-11)19-20-17(21)12-5-8-15-16(9-12)23-10-22-15/h3-9H,2,10H2,1H3,(H,20,21)/b19-14+. The number of ether oxygens (including phenoxy) is 2. The number of fused-ring (bicyclic) bond motifs is 1. The van der Waals surface area contributed by atoms with Gasteiger partial charge in [0.05, 0.1) is 5.71 Å². The Bertz CT molecular complexity index is 757. The lowest BCUT2D eigenvalue weighted by molar-refractivity contribution is 0.0954. The fraction of sp³-hybridized carbons (Fsp3) is 0.176. The summed E-state index contributed by atoms with van der Waals surface area (Å²) in [5, 5.41) is 4.13. The van der Waals surface area contributed by atoms with Gasteiger partial charge in [-0.05, 0) is 42.3 Å². The van der Waals surface area contributed by atoms with E-state index in [4.69, 9.17) is 9.47 Å². The van der Waals surface area contributed by atoms with E-state index in [0.717, 1.165) is 5.56 Å². The fourth-order valence-electron chi connectivity index (χ4n) is 2.21. The van der Waals surface area contributed by atoms with Crippen LogP contribution in [-0.4, -0.2) is 18.4 Å². The number of hydrogen-bond acceptors (Lipinski definition) is 4. The van der Waals surface area contributed by atoms with Crippen LogP contribution in [0.25, 0.3) is 0 Å². The van der Waals surface area contributed by atoms with Crippen LogP contribution in [0.5, 0.6) is 11.5 Å². The predicted molar refractivity (Wildman–Crippen MR) is 83.3 cm³/mol. The van der Waals surface area contributed by atoms with E-state index in [1.807, 2.05) is 6.92 Å². The van der Waals surface area contributed by atoms with Crippen molar-refractivity contribution in [3.8, 4) is 11.5 Å². The van der Waals surface area contributed by atoms with E-state index in [-0.39, 0.29) is 18.5 Å². The molecule has 1 aliphatic rings. The molecular formula is C17H15FN2O3. The number of rotatable bonds is 4. The monoisotopic (exact) mass is 314 g/mol. The van der Waals surface area contributed by atoms with E-state index in [1.165, 1.54) is 12.1 Å². The minimum absolute atomic E-state index is 0.156. The Morgan fingerprint density at radius 1 is 1.13 bits per heavy atom. The maximum Gasteiger partial charge on any atom is 0.271 e. The summed E-state index contributed by atoms with van der Waals surface area (Å²) < 4.78 is 23.4. The van der Waals surface area contributed by atoms with E-state index in [9.17, 15) is 9.18 Å². The van der Waals surface area contributed by atoms with Crippen molar-refractivity contribution in [3.05, 3.63) is 59.4 Å². The predicted octanol–water partition coefficient (Wildman–Crippen LogP) is 3.10. The van der Waals surface area contributed by atoms with Gasteiger partial charge in [0.15, 0.2) is 11.5 Å². The normalized spacial score (nSPS) is 13.0. The average molecular weight is 314 g/mol. The van der Waals surface area contributed by atoms with Crippen LogP contribution in [0.1, 0.15) is 29.3 Å². The molecule has 0 spiro atoms. The minimum atomic E-state index is -0.351. The first-order valence-corrected chi connectivity index (χ1v) is 7.20. The van der Waals surface area contributed by atoms with Crippen molar-refractivity contribution >= 4 is 11.6 Å². The quantitative estimate of drug-likeness (QED) is 0.697. The molecule has 1 aliphatic heterocycles. The summed E-state index contributed by atoms with van der Waals surface area (Å²) in [6, 6.07) is 10.9. The summed E-state index contributed by atoms with van der Waals surface area (Å²) in [6.45, 7) is 2.07. The summed E-state index contributed by atoms with van der Waals surface area (Å²) in [5.74, 6) is 0.492. The van der Waals surface area contributed by atoms with Crippen molar-refractivity contribution in [2.24, 2.45) is 5.10 Å². The molecule has 0 saturated heterocycles. The number of carbonyl (C=O) groups is 1. The van der Waals surface area contributed by atoms with Gasteiger partial charge >= 0.3 is 0 Å². The smallest absolute Gasteiger partial charge is 0.271 e. The second-order valence-corrected chi connectivity index (χ2v) is 4.93. The second-order valence-electron chi connectivity index (χ2n) is 4.93. The Morgan fingerprint density at radius 3 is 2.57 bits per heavy atom. The van der Waals surface area contributed by atoms with E-state index in [2.05, 4.69) is 10.5 Å². The van der Waals surface area contributed by atoms with Crippen LogP contribution in [0.2, 0.25) is 0 Å². The van der Waals surface area contributed by atoms with Crippen molar-refractivity contribution < 1.29 is 18.7 Å². The molecule has 0 saturated carbocycles. The highest BCUT2D eigenvalue weighted by molar-refractivity contribution is 6.02. The molecule has 0 aliphatic carbocycles. The molecule has 0 unspecified atom stereocenters. The zero-order chi connectivity index (χ0) is 16.2. The van der Waals surface area contributed by atoms with Crippen LogP contribution >= 0.6 is 0 Å². The Balaban J connectivity index is 1.75. The Morgan fingerprint density at radius 2 is 1.83 bits per heavy atom. The number of hydrogen-bond donors (Lipinski definition) is 1. The Kier molecular flexibility index (Phi) is 4.23. The molecule has 118 valence electrons. The molecule has 1 heterocycles. The maximum atomic E-state index is 13.0. The molecule has 6 heteroatoms. The summed E-state index contributed by atoms with van der Waals surface area (Å²) in [6.07, 6.45) is 0.604. The lowest BCUT2D eigenvalue weighted by Crippen LogP contribution is -2.20. The summed E-state index contributed by atoms with van der Waals surface area (Å²) in [5.41, 5.74) is 4.37. The van der Waals surface area contributed by atoms with Crippen LogP contribution in [0.15, 0.2) is 47.6 Å². The van der Waals surface area contributed by atoms with Gasteiger partial charge in [0.2, 0.25) is 6.79 Å². The van der Waals surface area contributed by atoms with Crippen molar-refractivity contribution in [2.75, 3.05) is 6.79 Å². The zero-order valence-electron chi connectivity index (χ0n) is 12.5. The third-order valence-corrected chi connectivity index (χ3v) is 3.44. The van der Waals surface area contributed by atoms with Crippen LogP contribution in [-0.2, 0) is 0 Å². The summed E-state index contributed by atoms with van der Waals surface area (Å²) in [4.78, 5) is 12.2. The van der Waals surface area contributed by atoms with Gasteiger partial charge < -0.3 is 9.47 Å². The molecule has 0 atom stereocenters. The van der Waals surface area contributed by atoms with Gasteiger partial charge in [0.1, 0.15) is 5.82 Å². The van der Waals surface area contributed by atoms with Crippen LogP contribution in [0.3, 0.4) is 0 Å². The molecular weight excluding hydrogens is 299 g/mol. The first-order chi connectivity index (χ1) is 11.2. The molecule has 0 fully saturated rings. The third kappa shape index (κ3) is 3.31. The van der Waals surface area contributed by atoms with Crippen LogP contribution in [0.4, 0.5) is 4.39 Å².